The largest absolute Gasteiger partial charge is 0.326 e. The number of carbonyl (C=O) groups excluding carboxylic acids is 1. The lowest BCUT2D eigenvalue weighted by atomic mass is 10.1. The maximum atomic E-state index is 11.3. The van der Waals surface area contributed by atoms with Crippen LogP contribution >= 0.6 is 0 Å². The van der Waals surface area contributed by atoms with Crippen molar-refractivity contribution < 1.29 is 4.79 Å². The molecule has 0 saturated heterocycles. The average Bonchev–Trinajstić information content (AvgIpc) is 3.59. The molecule has 30 heavy (non-hydrogen) atoms. The van der Waals surface area contributed by atoms with Gasteiger partial charge in [0.15, 0.2) is 0 Å². The third kappa shape index (κ3) is 3.96. The Morgan fingerprint density at radius 3 is 2.50 bits per heavy atom. The predicted octanol–water partition coefficient (Wildman–Crippen LogP) is 4.67. The number of nitrogens with one attached hydrogen (secondary N) is 2. The number of anilines is 3. The number of benzene rings is 2. The molecule has 1 aliphatic carbocycles. The molecule has 4 aromatic rings. The fraction of sp³-hybridized carbons (Fsp3) is 0.174. The van der Waals surface area contributed by atoms with Crippen LogP contribution in [-0.4, -0.2) is 25.8 Å². The molecule has 0 aliphatic heterocycles. The van der Waals surface area contributed by atoms with E-state index in [9.17, 15) is 4.79 Å². The van der Waals surface area contributed by atoms with Crippen molar-refractivity contribution in [2.45, 2.75) is 25.7 Å². The van der Waals surface area contributed by atoms with Gasteiger partial charge in [-0.2, -0.15) is 0 Å². The van der Waals surface area contributed by atoms with Crippen molar-refractivity contribution in [1.29, 1.82) is 0 Å². The van der Waals surface area contributed by atoms with Gasteiger partial charge in [0.05, 0.1) is 5.52 Å². The summed E-state index contributed by atoms with van der Waals surface area (Å²) in [5, 5.41) is 6.92. The molecule has 5 rings (SSSR count). The van der Waals surface area contributed by atoms with Crippen LogP contribution in [0.1, 0.15) is 31.5 Å². The normalized spacial score (nSPS) is 13.2. The second-order valence-electron chi connectivity index (χ2n) is 7.46. The maximum Gasteiger partial charge on any atom is 0.227 e. The number of rotatable bonds is 5. The summed E-state index contributed by atoms with van der Waals surface area (Å²) < 4.78 is 0. The second kappa shape index (κ2) is 7.51. The van der Waals surface area contributed by atoms with Crippen molar-refractivity contribution in [3.63, 3.8) is 0 Å². The van der Waals surface area contributed by atoms with Gasteiger partial charge in [-0.15, -0.1) is 0 Å². The monoisotopic (exact) mass is 396 g/mol. The topological polar surface area (TPSA) is 92.7 Å². The van der Waals surface area contributed by atoms with E-state index in [0.29, 0.717) is 17.6 Å². The quantitative estimate of drug-likeness (QED) is 0.509. The number of hydrogen-bond donors (Lipinski definition) is 2. The Kier molecular flexibility index (Phi) is 4.55. The van der Waals surface area contributed by atoms with Crippen molar-refractivity contribution in [1.82, 2.24) is 19.9 Å². The van der Waals surface area contributed by atoms with Gasteiger partial charge in [-0.25, -0.2) is 19.9 Å². The lowest BCUT2D eigenvalue weighted by molar-refractivity contribution is -0.114. The summed E-state index contributed by atoms with van der Waals surface area (Å²) in [5.74, 6) is 1.85. The Hall–Kier alpha value is -3.87. The first-order valence-electron chi connectivity index (χ1n) is 9.88. The van der Waals surface area contributed by atoms with Gasteiger partial charge < -0.3 is 10.6 Å². The molecule has 0 unspecified atom stereocenters. The Morgan fingerprint density at radius 2 is 1.73 bits per heavy atom. The van der Waals surface area contributed by atoms with Crippen molar-refractivity contribution in [2.75, 3.05) is 10.6 Å². The van der Waals surface area contributed by atoms with E-state index in [2.05, 4.69) is 30.6 Å². The summed E-state index contributed by atoms with van der Waals surface area (Å²) >= 11 is 0. The van der Waals surface area contributed by atoms with Crippen molar-refractivity contribution in [3.05, 3.63) is 66.9 Å². The molecular weight excluding hydrogens is 376 g/mol. The Bertz CT molecular complexity index is 1230. The van der Waals surface area contributed by atoms with Crippen molar-refractivity contribution >= 4 is 34.1 Å². The molecule has 0 atom stereocenters. The number of carbonyl (C=O) groups is 1. The van der Waals surface area contributed by atoms with Crippen molar-refractivity contribution in [2.24, 2.45) is 0 Å². The van der Waals surface area contributed by atoms with E-state index >= 15 is 0 Å². The zero-order chi connectivity index (χ0) is 20.5. The van der Waals surface area contributed by atoms with Crippen LogP contribution in [-0.2, 0) is 4.79 Å². The first kappa shape index (κ1) is 18.2. The lowest BCUT2D eigenvalue weighted by Crippen LogP contribution is -2.06. The summed E-state index contributed by atoms with van der Waals surface area (Å²) in [4.78, 5) is 29.3. The molecule has 2 heterocycles. The summed E-state index contributed by atoms with van der Waals surface area (Å²) in [6, 6.07) is 13.5. The highest BCUT2D eigenvalue weighted by Gasteiger charge is 2.26. The van der Waals surface area contributed by atoms with Crippen LogP contribution in [0.25, 0.3) is 22.0 Å². The second-order valence-corrected chi connectivity index (χ2v) is 7.46. The molecule has 1 saturated carbocycles. The van der Waals surface area contributed by atoms with Gasteiger partial charge >= 0.3 is 0 Å². The van der Waals surface area contributed by atoms with Gasteiger partial charge in [0.25, 0.3) is 0 Å². The number of amides is 1. The van der Waals surface area contributed by atoms with Crippen LogP contribution < -0.4 is 10.6 Å². The first-order chi connectivity index (χ1) is 14.6. The van der Waals surface area contributed by atoms with Crippen LogP contribution in [0.4, 0.5) is 17.3 Å². The summed E-state index contributed by atoms with van der Waals surface area (Å²) in [6.07, 6.45) is 7.94. The average molecular weight is 396 g/mol. The fourth-order valence-corrected chi connectivity index (χ4v) is 3.31. The zero-order valence-electron chi connectivity index (χ0n) is 16.5. The molecular formula is C23H20N6O. The standard InChI is InChI=1S/C23H20N6O/c1-14(30)27-19-3-2-4-20(10-19)28-23-26-11-17-8-7-16(9-21(17)29-23)18-12-24-22(25-13-18)15-5-6-15/h2-4,7-13,15H,5-6H2,1H3,(H,27,30)(H,26,28,29). The van der Waals surface area contributed by atoms with Crippen LogP contribution in [0.3, 0.4) is 0 Å². The van der Waals surface area contributed by atoms with Crippen LogP contribution in [0.15, 0.2) is 61.1 Å². The molecule has 0 spiro atoms. The molecule has 1 fully saturated rings. The third-order valence-electron chi connectivity index (χ3n) is 4.97. The van der Waals surface area contributed by atoms with Gasteiger partial charge in [0, 0.05) is 53.8 Å². The molecule has 0 radical (unpaired) electrons. The van der Waals surface area contributed by atoms with E-state index in [1.807, 2.05) is 54.9 Å². The molecule has 2 aromatic carbocycles. The van der Waals surface area contributed by atoms with E-state index in [-0.39, 0.29) is 5.91 Å². The highest BCUT2D eigenvalue weighted by Crippen LogP contribution is 2.38. The van der Waals surface area contributed by atoms with Gasteiger partial charge in [-0.1, -0.05) is 18.2 Å². The number of aromatic nitrogens is 4. The molecule has 7 nitrogen and oxygen atoms in total. The van der Waals surface area contributed by atoms with Crippen LogP contribution in [0.5, 0.6) is 0 Å². The number of nitrogens with zero attached hydrogens (tertiary/aromatic N) is 4. The number of fused-ring (bicyclic) bond motifs is 1. The smallest absolute Gasteiger partial charge is 0.227 e. The van der Waals surface area contributed by atoms with Gasteiger partial charge in [0.1, 0.15) is 5.82 Å². The SMILES string of the molecule is CC(=O)Nc1cccc(Nc2ncc3ccc(-c4cnc(C5CC5)nc4)cc3n2)c1. The Balaban J connectivity index is 1.41. The zero-order valence-corrected chi connectivity index (χ0v) is 16.5. The first-order valence-corrected chi connectivity index (χ1v) is 9.88. The fourth-order valence-electron chi connectivity index (χ4n) is 3.31. The molecule has 7 heteroatoms. The minimum atomic E-state index is -0.115. The highest BCUT2D eigenvalue weighted by atomic mass is 16.1. The third-order valence-corrected chi connectivity index (χ3v) is 4.97. The minimum absolute atomic E-state index is 0.115. The molecule has 2 aromatic heterocycles. The lowest BCUT2D eigenvalue weighted by Gasteiger charge is -2.09. The molecule has 1 aliphatic rings. The molecule has 2 N–H and O–H groups in total. The predicted molar refractivity (Wildman–Crippen MR) is 117 cm³/mol. The van der Waals surface area contributed by atoms with Gasteiger partial charge in [-0.3, -0.25) is 4.79 Å². The Morgan fingerprint density at radius 1 is 0.933 bits per heavy atom. The molecule has 0 bridgehead atoms. The Labute approximate surface area is 173 Å². The summed E-state index contributed by atoms with van der Waals surface area (Å²) in [7, 11) is 0. The van der Waals surface area contributed by atoms with E-state index in [4.69, 9.17) is 0 Å². The minimum Gasteiger partial charge on any atom is -0.326 e. The van der Waals surface area contributed by atoms with E-state index in [1.54, 1.807) is 6.20 Å². The molecule has 148 valence electrons. The van der Waals surface area contributed by atoms with E-state index in [1.165, 1.54) is 19.8 Å². The van der Waals surface area contributed by atoms with Crippen LogP contribution in [0, 0.1) is 0 Å². The molecule has 1 amide bonds. The number of hydrogen-bond acceptors (Lipinski definition) is 6. The van der Waals surface area contributed by atoms with Crippen molar-refractivity contribution in [3.8, 4) is 11.1 Å². The van der Waals surface area contributed by atoms with E-state index < -0.39 is 0 Å². The maximum absolute atomic E-state index is 11.3. The summed E-state index contributed by atoms with van der Waals surface area (Å²) in [5.41, 5.74) is 4.32. The van der Waals surface area contributed by atoms with Gasteiger partial charge in [0.2, 0.25) is 11.9 Å². The highest BCUT2D eigenvalue weighted by molar-refractivity contribution is 5.89. The van der Waals surface area contributed by atoms with E-state index in [0.717, 1.165) is 33.5 Å². The van der Waals surface area contributed by atoms with Gasteiger partial charge in [-0.05, 0) is 42.7 Å². The van der Waals surface area contributed by atoms with Crippen LogP contribution in [0.2, 0.25) is 0 Å². The summed E-state index contributed by atoms with van der Waals surface area (Å²) in [6.45, 7) is 1.48.